The first-order valence-corrected chi connectivity index (χ1v) is 28.4. The third-order valence-corrected chi connectivity index (χ3v) is 15.2. The van der Waals surface area contributed by atoms with Crippen LogP contribution >= 0.6 is 23.2 Å². The molecule has 8 N–H and O–H groups in total. The summed E-state index contributed by atoms with van der Waals surface area (Å²) in [7, 11) is 5.85. The Balaban J connectivity index is 0.000000235. The quantitative estimate of drug-likeness (QED) is 0.0131. The summed E-state index contributed by atoms with van der Waals surface area (Å²) in [5, 5.41) is 35.6. The number of H-pyrrole nitrogens is 1. The molecular weight excluding hydrogens is 1060 g/mol. The Kier molecular flexibility index (Phi) is 25.1. The zero-order valence-electron chi connectivity index (χ0n) is 46.6. The van der Waals surface area contributed by atoms with E-state index in [9.17, 15) is 24.3 Å². The second-order valence-corrected chi connectivity index (χ2v) is 21.3. The maximum absolute atomic E-state index is 13.3. The summed E-state index contributed by atoms with van der Waals surface area (Å²) in [6.07, 6.45) is 19.8. The van der Waals surface area contributed by atoms with Gasteiger partial charge in [0.25, 0.3) is 5.56 Å². The summed E-state index contributed by atoms with van der Waals surface area (Å²) in [6, 6.07) is 20.1. The standard InChI is InChI=1S/C32H50N8O3.C18H18Cl2N4O3.C10H12/c1-33-17-9-7-5-4-6-8-10-18-35-27(41)22-34-21-25-11-13-26(14-12-25)30-28-29(37-39(30)3)31(42)40(24-36-28)23-32(43)15-19-38(2)20-16-32;19-12-7-10(13(21)1-3-22-4-6-25)16-11-8-24(15(27)9-26)5-2-14(11)23-18(16)17(12)20;1-2-3-7-10-8-5-4-6-9-10/h11-14,24,33-34,43H,4-10,15-23H2,1-3H3,(H,35,41);1,3,6-7,23,26H,2,4-5,8-9,21H2;2,4-6,8-9H,1,3,7H2/b;13-1-,22-3?;. The van der Waals surface area contributed by atoms with E-state index < -0.39 is 12.2 Å². The molecule has 0 radical (unpaired) electrons. The van der Waals surface area contributed by atoms with Crippen LogP contribution in [-0.2, 0) is 53.9 Å². The van der Waals surface area contributed by atoms with Gasteiger partial charge in [0.2, 0.25) is 11.8 Å². The number of carbonyl (C=O) groups excluding carboxylic acids is 3. The number of aromatic nitrogens is 5. The lowest BCUT2D eigenvalue weighted by atomic mass is 9.91. The highest BCUT2D eigenvalue weighted by atomic mass is 35.5. The lowest BCUT2D eigenvalue weighted by Gasteiger charge is -2.36. The fraction of sp³-hybridized carbons (Fsp3) is 0.450. The first kappa shape index (κ1) is 62.7. The molecule has 5 heterocycles. The fourth-order valence-corrected chi connectivity index (χ4v) is 10.3. The van der Waals surface area contributed by atoms with Crippen LogP contribution in [0.15, 0.2) is 95.5 Å². The van der Waals surface area contributed by atoms with Crippen molar-refractivity contribution in [3.8, 4) is 11.3 Å². The van der Waals surface area contributed by atoms with Crippen molar-refractivity contribution in [2.24, 2.45) is 17.8 Å². The number of nitrogens with two attached hydrogens (primary N) is 1. The van der Waals surface area contributed by atoms with Crippen molar-refractivity contribution < 1.29 is 24.6 Å². The zero-order chi connectivity index (χ0) is 57.4. The van der Waals surface area contributed by atoms with Gasteiger partial charge in [-0.1, -0.05) is 116 Å². The smallest absolute Gasteiger partial charge is 0.281 e. The molecule has 3 aromatic heterocycles. The van der Waals surface area contributed by atoms with Crippen LogP contribution in [0.4, 0.5) is 0 Å². The highest BCUT2D eigenvalue weighted by molar-refractivity contribution is 6.45. The van der Waals surface area contributed by atoms with Crippen LogP contribution < -0.4 is 27.2 Å². The number of nitrogens with zero attached hydrogens (tertiary/aromatic N) is 7. The largest absolute Gasteiger partial charge is 0.398 e. The van der Waals surface area contributed by atoms with Crippen molar-refractivity contribution in [3.63, 3.8) is 0 Å². The number of unbranched alkanes of at least 4 members (excludes halogenated alkanes) is 6. The molecule has 0 bridgehead atoms. The number of piperidine rings is 1. The van der Waals surface area contributed by atoms with Gasteiger partial charge in [0, 0.05) is 92.4 Å². The number of hydrogen-bond acceptors (Lipinski definition) is 13. The monoisotopic (exact) mass is 1130 g/mol. The van der Waals surface area contributed by atoms with Crippen molar-refractivity contribution in [2.45, 2.75) is 102 Å². The molecule has 1 fully saturated rings. The van der Waals surface area contributed by atoms with Crippen LogP contribution in [0.5, 0.6) is 0 Å². The Hall–Kier alpha value is -6.51. The molecule has 0 saturated carbocycles. The minimum Gasteiger partial charge on any atom is -0.398 e. The summed E-state index contributed by atoms with van der Waals surface area (Å²) in [4.78, 5) is 63.3. The predicted octanol–water partition coefficient (Wildman–Crippen LogP) is 7.14. The van der Waals surface area contributed by atoms with Gasteiger partial charge in [-0.2, -0.15) is 5.10 Å². The maximum atomic E-state index is 13.3. The van der Waals surface area contributed by atoms with Gasteiger partial charge in [0.1, 0.15) is 18.4 Å². The van der Waals surface area contributed by atoms with Crippen molar-refractivity contribution in [3.05, 3.63) is 134 Å². The highest BCUT2D eigenvalue weighted by Crippen LogP contribution is 2.40. The second kappa shape index (κ2) is 32.1. The van der Waals surface area contributed by atoms with Crippen LogP contribution in [0.1, 0.15) is 92.2 Å². The van der Waals surface area contributed by atoms with E-state index in [-0.39, 0.29) is 37.0 Å². The summed E-state index contributed by atoms with van der Waals surface area (Å²) < 4.78 is 3.18. The molecule has 0 unspecified atom stereocenters. The van der Waals surface area contributed by atoms with E-state index in [2.05, 4.69) is 71.8 Å². The van der Waals surface area contributed by atoms with E-state index in [1.54, 1.807) is 21.7 Å². The van der Waals surface area contributed by atoms with Gasteiger partial charge in [-0.05, 0) is 82.4 Å². The number of aliphatic imine (C=N–C) groups is 1. The number of rotatable bonds is 25. The molecule has 2 amide bonds. The van der Waals surface area contributed by atoms with Crippen LogP contribution in [0.25, 0.3) is 38.9 Å². The number of nitrogens with one attached hydrogen (secondary N) is 4. The number of aldehydes is 1. The van der Waals surface area contributed by atoms with Crippen molar-refractivity contribution in [2.75, 3.05) is 66.5 Å². The van der Waals surface area contributed by atoms with E-state index in [0.29, 0.717) is 83.0 Å². The van der Waals surface area contributed by atoms with Crippen molar-refractivity contribution in [1.29, 1.82) is 0 Å². The number of halogens is 2. The number of carbonyl (C=O) groups is 3. The summed E-state index contributed by atoms with van der Waals surface area (Å²) in [5.41, 5.74) is 13.6. The SMILES string of the molecule is C=CCCc1ccccc1.CNCCCCCCCCCNC(=O)CNCc1ccc(-c2c3ncn(CC4(O)CCN(C)CC4)c(=O)c3nn2C)cc1.N/C(=C\C=NCC=O)c1cc(Cl)c(Cl)c2[nH]c3c(c12)CN(C(=O)CO)CC3. The molecule has 80 heavy (non-hydrogen) atoms. The lowest BCUT2D eigenvalue weighted by molar-refractivity contribution is -0.135. The Bertz CT molecular complexity index is 3090. The number of amides is 2. The van der Waals surface area contributed by atoms with Crippen LogP contribution in [-0.4, -0.2) is 141 Å². The average molecular weight is 1140 g/mol. The van der Waals surface area contributed by atoms with Crippen LogP contribution in [0.3, 0.4) is 0 Å². The number of likely N-dealkylation sites (tertiary alicyclic amines) is 1. The van der Waals surface area contributed by atoms with Gasteiger partial charge in [0.05, 0.1) is 52.8 Å². The molecular formula is C60H80Cl2N12O6. The number of aliphatic hydroxyl groups is 2. The van der Waals surface area contributed by atoms with Gasteiger partial charge in [-0.15, -0.1) is 6.58 Å². The predicted molar refractivity (Wildman–Crippen MR) is 322 cm³/mol. The first-order valence-electron chi connectivity index (χ1n) is 27.7. The summed E-state index contributed by atoms with van der Waals surface area (Å²) in [5.74, 6) is -0.314. The average Bonchev–Trinajstić information content (AvgIpc) is 4.24. The number of aryl methyl sites for hydroxylation is 2. The molecule has 0 spiro atoms. The molecule has 6 aromatic rings. The molecule has 2 aliphatic rings. The molecule has 8 rings (SSSR count). The van der Waals surface area contributed by atoms with E-state index in [0.717, 1.165) is 85.3 Å². The van der Waals surface area contributed by atoms with Crippen LogP contribution in [0.2, 0.25) is 10.0 Å². The Morgan fingerprint density at radius 3 is 2.33 bits per heavy atom. The van der Waals surface area contributed by atoms with Crippen molar-refractivity contribution >= 4 is 75.2 Å². The molecule has 20 heteroatoms. The van der Waals surface area contributed by atoms with Gasteiger partial charge in [-0.25, -0.2) is 4.98 Å². The Morgan fingerprint density at radius 1 is 0.950 bits per heavy atom. The number of aliphatic hydroxyl groups excluding tert-OH is 1. The van der Waals surface area contributed by atoms with E-state index in [1.807, 2.05) is 57.6 Å². The van der Waals surface area contributed by atoms with Gasteiger partial charge in [-0.3, -0.25) is 28.6 Å². The number of benzene rings is 3. The van der Waals surface area contributed by atoms with E-state index in [4.69, 9.17) is 34.0 Å². The topological polar surface area (TPSA) is 241 Å². The highest BCUT2D eigenvalue weighted by Gasteiger charge is 2.33. The normalized spacial score (nSPS) is 14.3. The van der Waals surface area contributed by atoms with Gasteiger partial charge >= 0.3 is 0 Å². The maximum Gasteiger partial charge on any atom is 0.281 e. The molecule has 3 aromatic carbocycles. The molecule has 1 saturated heterocycles. The van der Waals surface area contributed by atoms with Crippen LogP contribution in [0, 0.1) is 0 Å². The lowest BCUT2D eigenvalue weighted by Crippen LogP contribution is -2.47. The number of aromatic amines is 1. The molecule has 0 atom stereocenters. The van der Waals surface area contributed by atoms with Gasteiger partial charge < -0.3 is 51.5 Å². The van der Waals surface area contributed by atoms with E-state index >= 15 is 0 Å². The van der Waals surface area contributed by atoms with Gasteiger partial charge in [0.15, 0.2) is 5.52 Å². The Labute approximate surface area is 479 Å². The molecule has 18 nitrogen and oxygen atoms in total. The number of fused-ring (bicyclic) bond motifs is 4. The number of allylic oxidation sites excluding steroid dienone is 2. The third-order valence-electron chi connectivity index (χ3n) is 14.4. The minimum atomic E-state index is -0.917. The summed E-state index contributed by atoms with van der Waals surface area (Å²) >= 11 is 12.7. The zero-order valence-corrected chi connectivity index (χ0v) is 48.1. The third kappa shape index (κ3) is 18.0. The second-order valence-electron chi connectivity index (χ2n) is 20.5. The molecule has 0 aliphatic carbocycles. The Morgan fingerprint density at radius 2 is 1.65 bits per heavy atom. The summed E-state index contributed by atoms with van der Waals surface area (Å²) in [6.45, 7) is 8.53. The fourth-order valence-electron chi connectivity index (χ4n) is 9.86. The molecule has 2 aliphatic heterocycles. The molecule has 430 valence electrons. The van der Waals surface area contributed by atoms with Crippen molar-refractivity contribution in [1.82, 2.24) is 50.1 Å². The van der Waals surface area contributed by atoms with E-state index in [1.165, 1.54) is 54.8 Å². The minimum absolute atomic E-state index is 0.0183. The first-order chi connectivity index (χ1) is 38.7. The number of hydrogen-bond donors (Lipinski definition) is 7.